The average Bonchev–Trinajstić information content (AvgIpc) is 2.03. The molecule has 13 heavy (non-hydrogen) atoms. The molecule has 0 saturated carbocycles. The molecule has 0 aromatic rings. The Kier molecular flexibility index (Phi) is 2.75. The van der Waals surface area contributed by atoms with Gasteiger partial charge in [0, 0.05) is 6.54 Å². The summed E-state index contributed by atoms with van der Waals surface area (Å²) < 4.78 is 0. The summed E-state index contributed by atoms with van der Waals surface area (Å²) in [5.74, 6) is -0.759. The summed E-state index contributed by atoms with van der Waals surface area (Å²) in [6.07, 6.45) is 0.0249. The largest absolute Gasteiger partial charge is 0.480 e. The third kappa shape index (κ3) is 2.11. The van der Waals surface area contributed by atoms with Gasteiger partial charge in [-0.2, -0.15) is 0 Å². The second-order valence-corrected chi connectivity index (χ2v) is 3.46. The molecule has 1 rings (SSSR count). The molecule has 0 unspecified atom stereocenters. The fraction of sp³-hybridized carbons (Fsp3) is 0.750. The number of hydrogen-bond acceptors (Lipinski definition) is 2. The van der Waals surface area contributed by atoms with Crippen LogP contribution in [0.1, 0.15) is 19.8 Å². The van der Waals surface area contributed by atoms with Crippen molar-refractivity contribution >= 4 is 12.1 Å². The summed E-state index contributed by atoms with van der Waals surface area (Å²) in [7, 11) is 0. The van der Waals surface area contributed by atoms with Crippen LogP contribution in [0.15, 0.2) is 0 Å². The smallest absolute Gasteiger partial charge is 0.408 e. The number of likely N-dealkylation sites (tertiary alicyclic amines) is 1. The molecule has 1 fully saturated rings. The zero-order valence-corrected chi connectivity index (χ0v) is 7.43. The monoisotopic (exact) mass is 187 g/mol. The summed E-state index contributed by atoms with van der Waals surface area (Å²) in [6, 6.07) is -0.860. The van der Waals surface area contributed by atoms with Crippen LogP contribution >= 0.6 is 0 Å². The fourth-order valence-corrected chi connectivity index (χ4v) is 1.60. The van der Waals surface area contributed by atoms with E-state index in [4.69, 9.17) is 10.2 Å². The number of rotatable bonds is 1. The Morgan fingerprint density at radius 3 is 2.46 bits per heavy atom. The van der Waals surface area contributed by atoms with Crippen molar-refractivity contribution in [2.75, 3.05) is 6.54 Å². The highest BCUT2D eigenvalue weighted by Gasteiger charge is 2.34. The van der Waals surface area contributed by atoms with E-state index in [9.17, 15) is 9.59 Å². The van der Waals surface area contributed by atoms with Gasteiger partial charge in [0.2, 0.25) is 0 Å². The Hall–Kier alpha value is -1.26. The molecule has 0 aromatic carbocycles. The van der Waals surface area contributed by atoms with E-state index < -0.39 is 18.1 Å². The maximum atomic E-state index is 10.7. The second-order valence-electron chi connectivity index (χ2n) is 3.46. The molecular weight excluding hydrogens is 174 g/mol. The molecule has 1 aliphatic rings. The molecule has 74 valence electrons. The van der Waals surface area contributed by atoms with Crippen molar-refractivity contribution < 1.29 is 19.8 Å². The Labute approximate surface area is 76.0 Å². The highest BCUT2D eigenvalue weighted by Crippen LogP contribution is 2.22. The van der Waals surface area contributed by atoms with Crippen LogP contribution in [0.2, 0.25) is 0 Å². The van der Waals surface area contributed by atoms with E-state index >= 15 is 0 Å². The predicted molar refractivity (Wildman–Crippen MR) is 44.6 cm³/mol. The topological polar surface area (TPSA) is 77.8 Å². The number of nitrogens with zero attached hydrogens (tertiary/aromatic N) is 1. The molecule has 1 amide bonds. The van der Waals surface area contributed by atoms with E-state index in [2.05, 4.69) is 0 Å². The van der Waals surface area contributed by atoms with E-state index in [0.717, 1.165) is 11.3 Å². The van der Waals surface area contributed by atoms with Gasteiger partial charge < -0.3 is 10.2 Å². The molecule has 2 N–H and O–H groups in total. The Morgan fingerprint density at radius 1 is 1.38 bits per heavy atom. The highest BCUT2D eigenvalue weighted by molar-refractivity contribution is 5.79. The van der Waals surface area contributed by atoms with E-state index in [0.29, 0.717) is 13.0 Å². The summed E-state index contributed by atoms with van der Waals surface area (Å²) in [4.78, 5) is 22.4. The van der Waals surface area contributed by atoms with Gasteiger partial charge in [-0.15, -0.1) is 0 Å². The van der Waals surface area contributed by atoms with Gasteiger partial charge >= 0.3 is 12.1 Å². The molecule has 0 bridgehead atoms. The van der Waals surface area contributed by atoms with Gasteiger partial charge in [0.15, 0.2) is 0 Å². The summed E-state index contributed by atoms with van der Waals surface area (Å²) in [5.41, 5.74) is 0. The van der Waals surface area contributed by atoms with Crippen LogP contribution in [-0.4, -0.2) is 39.8 Å². The first-order chi connectivity index (χ1) is 6.02. The standard InChI is InChI=1S/C8H13NO4/c1-5-2-3-9(8(12)13)6(4-5)7(10)11/h5-6H,2-4H2,1H3,(H,10,11)(H,12,13)/t5-,6-/m1/s1. The number of piperidine rings is 1. The van der Waals surface area contributed by atoms with Gasteiger partial charge in [0.05, 0.1) is 0 Å². The molecule has 2 atom stereocenters. The van der Waals surface area contributed by atoms with E-state index in [1.54, 1.807) is 0 Å². The third-order valence-corrected chi connectivity index (χ3v) is 2.40. The van der Waals surface area contributed by atoms with Crippen LogP contribution in [0.3, 0.4) is 0 Å². The molecule has 5 heteroatoms. The Bertz CT molecular complexity index is 228. The second kappa shape index (κ2) is 3.64. The number of carboxylic acids is 1. The van der Waals surface area contributed by atoms with Crippen LogP contribution in [0.5, 0.6) is 0 Å². The lowest BCUT2D eigenvalue weighted by Crippen LogP contribution is -2.49. The normalized spacial score (nSPS) is 28.5. The fourth-order valence-electron chi connectivity index (χ4n) is 1.60. The number of carboxylic acid groups (broad SMARTS) is 2. The van der Waals surface area contributed by atoms with Crippen molar-refractivity contribution in [2.45, 2.75) is 25.8 Å². The van der Waals surface area contributed by atoms with Crippen molar-refractivity contribution in [3.63, 3.8) is 0 Å². The molecule has 0 radical (unpaired) electrons. The van der Waals surface area contributed by atoms with Crippen LogP contribution in [0.25, 0.3) is 0 Å². The van der Waals surface area contributed by atoms with Gasteiger partial charge in [-0.25, -0.2) is 9.59 Å². The quantitative estimate of drug-likeness (QED) is 0.637. The zero-order chi connectivity index (χ0) is 10.0. The molecule has 1 saturated heterocycles. The zero-order valence-electron chi connectivity index (χ0n) is 7.43. The van der Waals surface area contributed by atoms with Crippen LogP contribution in [0.4, 0.5) is 4.79 Å². The van der Waals surface area contributed by atoms with Gasteiger partial charge in [0.25, 0.3) is 0 Å². The summed E-state index contributed by atoms with van der Waals surface area (Å²) in [6.45, 7) is 2.27. The lowest BCUT2D eigenvalue weighted by molar-refractivity contribution is -0.144. The minimum atomic E-state index is -1.14. The highest BCUT2D eigenvalue weighted by atomic mass is 16.4. The van der Waals surface area contributed by atoms with Gasteiger partial charge in [-0.1, -0.05) is 6.92 Å². The van der Waals surface area contributed by atoms with Gasteiger partial charge in [-0.05, 0) is 18.8 Å². The minimum absolute atomic E-state index is 0.289. The van der Waals surface area contributed by atoms with Crippen LogP contribution < -0.4 is 0 Å². The lowest BCUT2D eigenvalue weighted by atomic mass is 9.93. The number of carbonyl (C=O) groups is 2. The number of hydrogen-bond donors (Lipinski definition) is 2. The predicted octanol–water partition coefficient (Wildman–Crippen LogP) is 0.850. The molecule has 1 heterocycles. The number of amides is 1. The molecule has 1 aliphatic heterocycles. The first-order valence-electron chi connectivity index (χ1n) is 4.24. The summed E-state index contributed by atoms with van der Waals surface area (Å²) in [5, 5.41) is 17.5. The van der Waals surface area contributed by atoms with Crippen molar-refractivity contribution in [1.82, 2.24) is 4.90 Å². The Balaban J connectivity index is 2.72. The first-order valence-corrected chi connectivity index (χ1v) is 4.24. The van der Waals surface area contributed by atoms with Gasteiger partial charge in [0.1, 0.15) is 6.04 Å². The molecular formula is C8H13NO4. The minimum Gasteiger partial charge on any atom is -0.480 e. The summed E-state index contributed by atoms with van der Waals surface area (Å²) >= 11 is 0. The van der Waals surface area contributed by atoms with Crippen molar-refractivity contribution in [3.8, 4) is 0 Å². The van der Waals surface area contributed by atoms with Crippen molar-refractivity contribution in [3.05, 3.63) is 0 Å². The average molecular weight is 187 g/mol. The van der Waals surface area contributed by atoms with Crippen molar-refractivity contribution in [1.29, 1.82) is 0 Å². The maximum Gasteiger partial charge on any atom is 0.408 e. The van der Waals surface area contributed by atoms with Crippen LogP contribution in [0, 0.1) is 5.92 Å². The molecule has 0 spiro atoms. The molecule has 5 nitrogen and oxygen atoms in total. The van der Waals surface area contributed by atoms with Crippen molar-refractivity contribution in [2.24, 2.45) is 5.92 Å². The number of aliphatic carboxylic acids is 1. The van der Waals surface area contributed by atoms with Crippen LogP contribution in [-0.2, 0) is 4.79 Å². The SMILES string of the molecule is C[C@@H]1CCN(C(=O)O)[C@@H](C(=O)O)C1. The maximum absolute atomic E-state index is 10.7. The van der Waals surface area contributed by atoms with Gasteiger partial charge in [-0.3, -0.25) is 4.90 Å². The van der Waals surface area contributed by atoms with E-state index in [-0.39, 0.29) is 5.92 Å². The molecule has 0 aromatic heterocycles. The van der Waals surface area contributed by atoms with E-state index in [1.165, 1.54) is 0 Å². The lowest BCUT2D eigenvalue weighted by Gasteiger charge is -2.33. The van der Waals surface area contributed by atoms with E-state index in [1.807, 2.05) is 6.92 Å². The molecule has 0 aliphatic carbocycles. The third-order valence-electron chi connectivity index (χ3n) is 2.40. The Morgan fingerprint density at radius 2 is 2.00 bits per heavy atom. The first kappa shape index (κ1) is 9.83.